The Hall–Kier alpha value is -2.84. The van der Waals surface area contributed by atoms with Crippen LogP contribution in [-0.4, -0.2) is 73.3 Å². The Kier molecular flexibility index (Phi) is 9.12. The topological polar surface area (TPSA) is 126 Å². The quantitative estimate of drug-likeness (QED) is 0.432. The average Bonchev–Trinajstić information content (AvgIpc) is 3.53. The van der Waals surface area contributed by atoms with Crippen molar-refractivity contribution in [3.8, 4) is 6.07 Å². The number of hydrogen-bond acceptors (Lipinski definition) is 8. The van der Waals surface area contributed by atoms with Crippen molar-refractivity contribution >= 4 is 22.3 Å². The normalized spacial score (nSPS) is 21.9. The van der Waals surface area contributed by atoms with Crippen molar-refractivity contribution in [3.05, 3.63) is 29.8 Å². The molecule has 3 rings (SSSR count). The fraction of sp³-hybridized carbons (Fsp3) is 0.679. The SMILES string of the molecule is [2H]C([2H])(C#N)[C@H]1CCCN1C(=O)OC(C)(C)C.[2H]C([2H])(OS(=O)(=O)c1ccc(C)cc1)[C@H]1CCCN1C(=O)OC(C)(C)C. The van der Waals surface area contributed by atoms with E-state index in [1.54, 1.807) is 59.7 Å². The fourth-order valence-electron chi connectivity index (χ4n) is 3.83. The van der Waals surface area contributed by atoms with Gasteiger partial charge < -0.3 is 19.3 Å². The lowest BCUT2D eigenvalue weighted by atomic mass is 10.2. The molecule has 10 nitrogen and oxygen atoms in total. The molecule has 2 atom stereocenters. The number of aryl methyl sites for hydroxylation is 1. The van der Waals surface area contributed by atoms with Gasteiger partial charge in [0.15, 0.2) is 0 Å². The zero-order valence-corrected chi connectivity index (χ0v) is 24.6. The zero-order valence-electron chi connectivity index (χ0n) is 27.8. The van der Waals surface area contributed by atoms with Gasteiger partial charge in [0, 0.05) is 21.9 Å². The minimum atomic E-state index is -4.31. The molecule has 0 N–H and O–H groups in total. The number of hydrogen-bond donors (Lipinski definition) is 0. The summed E-state index contributed by atoms with van der Waals surface area (Å²) in [4.78, 5) is 26.6. The van der Waals surface area contributed by atoms with E-state index in [1.165, 1.54) is 21.9 Å². The summed E-state index contributed by atoms with van der Waals surface area (Å²) in [5, 5.41) is 8.78. The molecular weight excluding hydrogens is 522 g/mol. The highest BCUT2D eigenvalue weighted by Crippen LogP contribution is 2.24. The fourth-order valence-corrected chi connectivity index (χ4v) is 4.63. The number of likely N-dealkylation sites (tertiary alicyclic amines) is 2. The molecule has 11 heteroatoms. The van der Waals surface area contributed by atoms with Crippen molar-refractivity contribution in [1.82, 2.24) is 9.80 Å². The number of nitrogens with zero attached hydrogens (tertiary/aromatic N) is 3. The molecule has 2 amide bonds. The van der Waals surface area contributed by atoms with Crippen LogP contribution in [-0.2, 0) is 23.8 Å². The Bertz CT molecular complexity index is 1290. The van der Waals surface area contributed by atoms with Gasteiger partial charge in [-0.05, 0) is 86.3 Å². The van der Waals surface area contributed by atoms with Gasteiger partial charge in [0.05, 0.1) is 32.7 Å². The van der Waals surface area contributed by atoms with Crippen LogP contribution >= 0.6 is 0 Å². The molecule has 0 unspecified atom stereocenters. The first kappa shape index (κ1) is 26.4. The molecule has 2 aliphatic heterocycles. The standard InChI is InChI=1S/C17H25NO5S.C11H18N2O2/c1-13-7-9-15(10-8-13)24(20,21)22-12-14-6-5-11-18(14)16(19)23-17(2,3)4;1-11(2,3)15-10(14)13-8-4-5-9(13)6-7-12/h7-10,14H,5-6,11-12H2,1-4H3;9H,4-6,8H2,1-3H3/t14-;9-/m11/s1/i12D2;6D2. The molecule has 0 aromatic heterocycles. The van der Waals surface area contributed by atoms with Gasteiger partial charge in [0.1, 0.15) is 11.2 Å². The second-order valence-electron chi connectivity index (χ2n) is 11.4. The molecule has 2 aliphatic rings. The van der Waals surface area contributed by atoms with E-state index in [9.17, 15) is 18.0 Å². The van der Waals surface area contributed by atoms with Crippen LogP contribution in [0, 0.1) is 18.3 Å². The summed E-state index contributed by atoms with van der Waals surface area (Å²) in [6.07, 6.45) is -1.22. The lowest BCUT2D eigenvalue weighted by Gasteiger charge is -2.28. The van der Waals surface area contributed by atoms with Crippen molar-refractivity contribution in [2.24, 2.45) is 0 Å². The lowest BCUT2D eigenvalue weighted by Crippen LogP contribution is -2.42. The first-order valence-electron chi connectivity index (χ1n) is 14.9. The van der Waals surface area contributed by atoms with Crippen LogP contribution in [0.15, 0.2) is 29.2 Å². The van der Waals surface area contributed by atoms with Gasteiger partial charge in [0.2, 0.25) is 0 Å². The zero-order chi connectivity index (χ0) is 33.0. The Labute approximate surface area is 238 Å². The Morgan fingerprint density at radius 3 is 1.87 bits per heavy atom. The molecule has 39 heavy (non-hydrogen) atoms. The van der Waals surface area contributed by atoms with Crippen molar-refractivity contribution < 1.29 is 37.1 Å². The van der Waals surface area contributed by atoms with Crippen LogP contribution in [0.1, 0.15) is 84.6 Å². The van der Waals surface area contributed by atoms with Gasteiger partial charge in [-0.15, -0.1) is 0 Å². The molecule has 1 aromatic carbocycles. The number of ether oxygens (including phenoxy) is 2. The molecule has 2 saturated heterocycles. The number of nitriles is 1. The van der Waals surface area contributed by atoms with Gasteiger partial charge in [-0.2, -0.15) is 13.7 Å². The van der Waals surface area contributed by atoms with E-state index in [0.29, 0.717) is 25.8 Å². The lowest BCUT2D eigenvalue weighted by molar-refractivity contribution is 0.0186. The van der Waals surface area contributed by atoms with E-state index >= 15 is 0 Å². The van der Waals surface area contributed by atoms with Crippen LogP contribution in [0.25, 0.3) is 0 Å². The predicted molar refractivity (Wildman–Crippen MR) is 146 cm³/mol. The third-order valence-electron chi connectivity index (χ3n) is 5.60. The van der Waals surface area contributed by atoms with Crippen molar-refractivity contribution in [2.75, 3.05) is 19.6 Å². The van der Waals surface area contributed by atoms with Gasteiger partial charge in [-0.3, -0.25) is 4.18 Å². The number of carbonyl (C=O) groups is 2. The summed E-state index contributed by atoms with van der Waals surface area (Å²) in [7, 11) is -4.31. The third-order valence-corrected chi connectivity index (χ3v) is 6.76. The maximum absolute atomic E-state index is 12.4. The minimum Gasteiger partial charge on any atom is -0.444 e. The van der Waals surface area contributed by atoms with E-state index in [2.05, 4.69) is 0 Å². The number of rotatable bonds is 5. The first-order chi connectivity index (χ1) is 19.5. The Morgan fingerprint density at radius 1 is 0.949 bits per heavy atom. The Morgan fingerprint density at radius 2 is 1.41 bits per heavy atom. The molecule has 0 aliphatic carbocycles. The predicted octanol–water partition coefficient (Wildman–Crippen LogP) is 5.40. The van der Waals surface area contributed by atoms with E-state index in [1.807, 2.05) is 6.92 Å². The summed E-state index contributed by atoms with van der Waals surface area (Å²) in [6, 6.07) is 5.80. The smallest absolute Gasteiger partial charge is 0.410 e. The number of amides is 2. The molecule has 0 saturated carbocycles. The second kappa shape index (κ2) is 13.5. The molecular formula is C28H43N3O7S. The van der Waals surface area contributed by atoms with Crippen LogP contribution < -0.4 is 0 Å². The first-order valence-corrected chi connectivity index (χ1v) is 14.3. The molecule has 218 valence electrons. The van der Waals surface area contributed by atoms with E-state index < -0.39 is 58.5 Å². The van der Waals surface area contributed by atoms with Crippen molar-refractivity contribution in [1.29, 1.82) is 5.26 Å². The van der Waals surface area contributed by atoms with E-state index in [-0.39, 0.29) is 17.9 Å². The van der Waals surface area contributed by atoms with Gasteiger partial charge in [0.25, 0.3) is 10.1 Å². The van der Waals surface area contributed by atoms with Crippen LogP contribution in [0.4, 0.5) is 9.59 Å². The van der Waals surface area contributed by atoms with Crippen LogP contribution in [0.3, 0.4) is 0 Å². The van der Waals surface area contributed by atoms with Crippen LogP contribution in [0.2, 0.25) is 0 Å². The van der Waals surface area contributed by atoms with Crippen molar-refractivity contribution in [2.45, 2.75) is 109 Å². The summed E-state index contributed by atoms with van der Waals surface area (Å²) in [5.41, 5.74) is -0.464. The van der Waals surface area contributed by atoms with Gasteiger partial charge in [-0.1, -0.05) is 17.7 Å². The molecule has 0 spiro atoms. The summed E-state index contributed by atoms with van der Waals surface area (Å²) in [5.74, 6) is 0. The largest absolute Gasteiger partial charge is 0.444 e. The number of benzene rings is 1. The monoisotopic (exact) mass is 569 g/mol. The molecule has 2 heterocycles. The summed E-state index contributed by atoms with van der Waals surface area (Å²) >= 11 is 0. The summed E-state index contributed by atoms with van der Waals surface area (Å²) in [6.45, 7) is 10.4. The molecule has 1 aromatic rings. The van der Waals surface area contributed by atoms with Crippen molar-refractivity contribution in [3.63, 3.8) is 0 Å². The minimum absolute atomic E-state index is 0.131. The molecule has 0 bridgehead atoms. The summed E-state index contributed by atoms with van der Waals surface area (Å²) < 4.78 is 71.7. The Balaban J connectivity index is 0.000000329. The average molecular weight is 570 g/mol. The number of carbonyl (C=O) groups excluding carboxylic acids is 2. The van der Waals surface area contributed by atoms with E-state index in [4.69, 9.17) is 24.4 Å². The van der Waals surface area contributed by atoms with Gasteiger partial charge >= 0.3 is 12.2 Å². The highest BCUT2D eigenvalue weighted by atomic mass is 32.2. The highest BCUT2D eigenvalue weighted by molar-refractivity contribution is 7.86. The second-order valence-corrected chi connectivity index (χ2v) is 12.9. The van der Waals surface area contributed by atoms with Gasteiger partial charge in [-0.25, -0.2) is 9.59 Å². The molecule has 0 radical (unpaired) electrons. The third kappa shape index (κ3) is 10.7. The van der Waals surface area contributed by atoms with E-state index in [0.717, 1.165) is 5.56 Å². The highest BCUT2D eigenvalue weighted by Gasteiger charge is 2.34. The molecule has 2 fully saturated rings. The van der Waals surface area contributed by atoms with Crippen LogP contribution in [0.5, 0.6) is 0 Å². The maximum atomic E-state index is 12.4. The maximum Gasteiger partial charge on any atom is 0.410 e.